The van der Waals surface area contributed by atoms with Gasteiger partial charge in [-0.15, -0.1) is 0 Å². The van der Waals surface area contributed by atoms with E-state index in [4.69, 9.17) is 5.11 Å². The molecule has 2 nitrogen and oxygen atoms in total. The van der Waals surface area contributed by atoms with Crippen LogP contribution in [0, 0.1) is 11.3 Å². The minimum atomic E-state index is -0.830. The van der Waals surface area contributed by atoms with E-state index in [-0.39, 0.29) is 0 Å². The molecule has 0 bridgehead atoms. The fourth-order valence-corrected chi connectivity index (χ4v) is 2.14. The summed E-state index contributed by atoms with van der Waals surface area (Å²) in [4.78, 5) is 10.3. The third kappa shape index (κ3) is 3.62. The van der Waals surface area contributed by atoms with Gasteiger partial charge in [0.15, 0.2) is 0 Å². The van der Waals surface area contributed by atoms with Crippen LogP contribution < -0.4 is 0 Å². The summed E-state index contributed by atoms with van der Waals surface area (Å²) in [6, 6.07) is 0. The summed E-state index contributed by atoms with van der Waals surface area (Å²) in [5.74, 6) is -0.358. The van der Waals surface area contributed by atoms with E-state index in [1.54, 1.807) is 0 Å². The van der Waals surface area contributed by atoms with Crippen LogP contribution >= 0.6 is 0 Å². The molecule has 1 N–H and O–H groups in total. The Labute approximate surface area is 79.6 Å². The number of allylic oxidation sites excluding steroid dienone is 1. The molecule has 1 fully saturated rings. The van der Waals surface area contributed by atoms with Gasteiger partial charge in [0.05, 0.1) is 0 Å². The van der Waals surface area contributed by atoms with Gasteiger partial charge in [-0.05, 0) is 30.6 Å². The quantitative estimate of drug-likeness (QED) is 0.667. The Morgan fingerprint density at radius 1 is 1.54 bits per heavy atom. The molecule has 1 unspecified atom stereocenters. The van der Waals surface area contributed by atoms with E-state index in [1.165, 1.54) is 18.9 Å². The molecule has 0 aliphatic heterocycles. The van der Waals surface area contributed by atoms with Gasteiger partial charge in [-0.3, -0.25) is 0 Å². The van der Waals surface area contributed by atoms with Crippen LogP contribution in [0.5, 0.6) is 0 Å². The first-order valence-corrected chi connectivity index (χ1v) is 4.91. The van der Waals surface area contributed by atoms with E-state index in [9.17, 15) is 4.79 Å². The average Bonchev–Trinajstić information content (AvgIpc) is 1.99. The van der Waals surface area contributed by atoms with Crippen molar-refractivity contribution in [1.29, 1.82) is 0 Å². The van der Waals surface area contributed by atoms with Crippen LogP contribution in [0.25, 0.3) is 0 Å². The minimum Gasteiger partial charge on any atom is -0.478 e. The largest absolute Gasteiger partial charge is 0.478 e. The van der Waals surface area contributed by atoms with Crippen molar-refractivity contribution in [3.63, 3.8) is 0 Å². The molecule has 1 aliphatic rings. The summed E-state index contributed by atoms with van der Waals surface area (Å²) < 4.78 is 0. The van der Waals surface area contributed by atoms with Crippen LogP contribution in [0.1, 0.15) is 39.5 Å². The molecule has 0 radical (unpaired) electrons. The summed E-state index contributed by atoms with van der Waals surface area (Å²) in [5, 5.41) is 8.49. The van der Waals surface area contributed by atoms with Crippen LogP contribution in [0.3, 0.4) is 0 Å². The molecule has 74 valence electrons. The van der Waals surface area contributed by atoms with Gasteiger partial charge in [0.25, 0.3) is 0 Å². The molecule has 0 spiro atoms. The van der Waals surface area contributed by atoms with E-state index in [1.807, 2.05) is 6.08 Å². The highest BCUT2D eigenvalue weighted by Gasteiger charge is 2.26. The highest BCUT2D eigenvalue weighted by molar-refractivity contribution is 5.79. The normalized spacial score (nSPS) is 27.7. The summed E-state index contributed by atoms with van der Waals surface area (Å²) in [6.45, 7) is 4.52. The van der Waals surface area contributed by atoms with E-state index in [0.29, 0.717) is 11.3 Å². The molecule has 0 aromatic heterocycles. The Kier molecular flexibility index (Phi) is 3.12. The first kappa shape index (κ1) is 10.3. The van der Waals surface area contributed by atoms with Gasteiger partial charge >= 0.3 is 5.97 Å². The minimum absolute atomic E-state index is 0.395. The van der Waals surface area contributed by atoms with Crippen molar-refractivity contribution in [2.75, 3.05) is 0 Å². The SMILES string of the molecule is CC1(C)CCCC(/C=C/C(=O)O)C1. The number of aliphatic carboxylic acids is 1. The Morgan fingerprint density at radius 3 is 2.77 bits per heavy atom. The van der Waals surface area contributed by atoms with Crippen molar-refractivity contribution in [2.24, 2.45) is 11.3 Å². The Balaban J connectivity index is 2.48. The van der Waals surface area contributed by atoms with E-state index >= 15 is 0 Å². The van der Waals surface area contributed by atoms with Crippen molar-refractivity contribution in [3.05, 3.63) is 12.2 Å². The van der Waals surface area contributed by atoms with Gasteiger partial charge in [-0.1, -0.05) is 26.3 Å². The molecule has 13 heavy (non-hydrogen) atoms. The van der Waals surface area contributed by atoms with Crippen molar-refractivity contribution in [2.45, 2.75) is 39.5 Å². The summed E-state index contributed by atoms with van der Waals surface area (Å²) >= 11 is 0. The second kappa shape index (κ2) is 3.95. The number of carboxylic acid groups (broad SMARTS) is 1. The van der Waals surface area contributed by atoms with Gasteiger partial charge < -0.3 is 5.11 Å². The molecule has 1 atom stereocenters. The smallest absolute Gasteiger partial charge is 0.327 e. The Hall–Kier alpha value is -0.790. The fourth-order valence-electron chi connectivity index (χ4n) is 2.14. The van der Waals surface area contributed by atoms with Crippen molar-refractivity contribution in [3.8, 4) is 0 Å². The second-order valence-electron chi connectivity index (χ2n) is 4.72. The zero-order valence-electron chi connectivity index (χ0n) is 8.42. The van der Waals surface area contributed by atoms with E-state index in [0.717, 1.165) is 12.8 Å². The zero-order chi connectivity index (χ0) is 9.90. The molecule has 2 heteroatoms. The third-order valence-electron chi connectivity index (χ3n) is 2.75. The number of hydrogen-bond donors (Lipinski definition) is 1. The Morgan fingerprint density at radius 2 is 2.23 bits per heavy atom. The predicted octanol–water partition coefficient (Wildman–Crippen LogP) is 2.84. The van der Waals surface area contributed by atoms with Crippen LogP contribution in [-0.2, 0) is 4.79 Å². The Bertz CT molecular complexity index is 216. The number of rotatable bonds is 2. The molecule has 0 heterocycles. The molecule has 1 aliphatic carbocycles. The lowest BCUT2D eigenvalue weighted by Gasteiger charge is -2.33. The zero-order valence-corrected chi connectivity index (χ0v) is 8.42. The molecule has 1 rings (SSSR count). The van der Waals surface area contributed by atoms with Gasteiger partial charge in [-0.25, -0.2) is 4.79 Å². The molecule has 0 aromatic carbocycles. The maximum absolute atomic E-state index is 10.3. The van der Waals surface area contributed by atoms with Gasteiger partial charge in [0.1, 0.15) is 0 Å². The highest BCUT2D eigenvalue weighted by Crippen LogP contribution is 2.38. The summed E-state index contributed by atoms with van der Waals surface area (Å²) in [5.41, 5.74) is 0.395. The van der Waals surface area contributed by atoms with Crippen LogP contribution in [0.15, 0.2) is 12.2 Å². The lowest BCUT2D eigenvalue weighted by molar-refractivity contribution is -0.131. The molecular formula is C11H18O2. The molecule has 1 saturated carbocycles. The lowest BCUT2D eigenvalue weighted by Crippen LogP contribution is -2.21. The summed E-state index contributed by atoms with van der Waals surface area (Å²) in [7, 11) is 0. The lowest BCUT2D eigenvalue weighted by atomic mass is 9.72. The van der Waals surface area contributed by atoms with Crippen LogP contribution in [0.4, 0.5) is 0 Å². The standard InChI is InChI=1S/C11H18O2/c1-11(2)7-3-4-9(8-11)5-6-10(12)13/h5-6,9H,3-4,7-8H2,1-2H3,(H,12,13)/b6-5+. The molecule has 0 saturated heterocycles. The molecule has 0 amide bonds. The molecule has 0 aromatic rings. The number of hydrogen-bond acceptors (Lipinski definition) is 1. The highest BCUT2D eigenvalue weighted by atomic mass is 16.4. The van der Waals surface area contributed by atoms with E-state index < -0.39 is 5.97 Å². The first-order valence-electron chi connectivity index (χ1n) is 4.91. The van der Waals surface area contributed by atoms with Gasteiger partial charge in [0, 0.05) is 6.08 Å². The topological polar surface area (TPSA) is 37.3 Å². The van der Waals surface area contributed by atoms with Crippen molar-refractivity contribution < 1.29 is 9.90 Å². The number of carbonyl (C=O) groups is 1. The van der Waals surface area contributed by atoms with Crippen LogP contribution in [0.2, 0.25) is 0 Å². The second-order valence-corrected chi connectivity index (χ2v) is 4.72. The predicted molar refractivity (Wildman–Crippen MR) is 52.5 cm³/mol. The number of carboxylic acids is 1. The fraction of sp³-hybridized carbons (Fsp3) is 0.727. The van der Waals surface area contributed by atoms with Gasteiger partial charge in [-0.2, -0.15) is 0 Å². The van der Waals surface area contributed by atoms with Gasteiger partial charge in [0.2, 0.25) is 0 Å². The van der Waals surface area contributed by atoms with Crippen LogP contribution in [-0.4, -0.2) is 11.1 Å². The third-order valence-corrected chi connectivity index (χ3v) is 2.75. The monoisotopic (exact) mass is 182 g/mol. The maximum Gasteiger partial charge on any atom is 0.327 e. The van der Waals surface area contributed by atoms with Crippen molar-refractivity contribution in [1.82, 2.24) is 0 Å². The molecular weight excluding hydrogens is 164 g/mol. The van der Waals surface area contributed by atoms with Crippen molar-refractivity contribution >= 4 is 5.97 Å². The average molecular weight is 182 g/mol. The van der Waals surface area contributed by atoms with E-state index in [2.05, 4.69) is 13.8 Å². The summed E-state index contributed by atoms with van der Waals surface area (Å²) in [6.07, 6.45) is 7.89. The first-order chi connectivity index (χ1) is 5.99. The maximum atomic E-state index is 10.3.